The normalized spacial score (nSPS) is 11.9. The summed E-state index contributed by atoms with van der Waals surface area (Å²) in [5.74, 6) is -0.241. The van der Waals surface area contributed by atoms with E-state index in [1.54, 1.807) is 24.4 Å². The SMILES string of the molecule is COC(=O)C[C@H](NC(=O)/C(C=N)=C/NCCCNc1ccccn1)c1cc(Cl)cc(Cl)c1. The first-order chi connectivity index (χ1) is 15.4. The van der Waals surface area contributed by atoms with Gasteiger partial charge in [-0.1, -0.05) is 29.3 Å². The van der Waals surface area contributed by atoms with Crippen molar-refractivity contribution in [3.63, 3.8) is 0 Å². The molecule has 0 radical (unpaired) electrons. The van der Waals surface area contributed by atoms with Crippen LogP contribution < -0.4 is 16.0 Å². The second-order valence-corrected chi connectivity index (χ2v) is 7.58. The molecule has 0 spiro atoms. The summed E-state index contributed by atoms with van der Waals surface area (Å²) in [6.45, 7) is 1.28. The molecule has 0 aliphatic heterocycles. The first kappa shape index (κ1) is 25.2. The molecule has 170 valence electrons. The largest absolute Gasteiger partial charge is 0.469 e. The number of halogens is 2. The smallest absolute Gasteiger partial charge is 0.307 e. The maximum Gasteiger partial charge on any atom is 0.307 e. The van der Waals surface area contributed by atoms with Crippen molar-refractivity contribution < 1.29 is 14.3 Å². The van der Waals surface area contributed by atoms with Gasteiger partial charge in [0.2, 0.25) is 0 Å². The zero-order chi connectivity index (χ0) is 23.3. The minimum atomic E-state index is -0.725. The fourth-order valence-electron chi connectivity index (χ4n) is 2.75. The molecule has 0 saturated carbocycles. The Kier molecular flexibility index (Phi) is 10.5. The molecular formula is C22H25Cl2N5O3. The summed E-state index contributed by atoms with van der Waals surface area (Å²) in [6, 6.07) is 9.68. The summed E-state index contributed by atoms with van der Waals surface area (Å²) in [7, 11) is 1.27. The van der Waals surface area contributed by atoms with E-state index >= 15 is 0 Å². The number of nitrogens with zero attached hydrogens (tertiary/aromatic N) is 1. The van der Waals surface area contributed by atoms with Crippen LogP contribution in [0.15, 0.2) is 54.4 Å². The molecule has 2 aromatic rings. The van der Waals surface area contributed by atoms with Crippen molar-refractivity contribution in [2.75, 3.05) is 25.5 Å². The molecule has 8 nitrogen and oxygen atoms in total. The van der Waals surface area contributed by atoms with Crippen molar-refractivity contribution in [2.24, 2.45) is 0 Å². The van der Waals surface area contributed by atoms with Crippen molar-refractivity contribution in [1.82, 2.24) is 15.6 Å². The Balaban J connectivity index is 1.94. The van der Waals surface area contributed by atoms with Crippen LogP contribution in [0.5, 0.6) is 0 Å². The van der Waals surface area contributed by atoms with Crippen LogP contribution >= 0.6 is 23.2 Å². The lowest BCUT2D eigenvalue weighted by Gasteiger charge is -2.19. The highest BCUT2D eigenvalue weighted by molar-refractivity contribution is 6.34. The molecule has 1 heterocycles. The topological polar surface area (TPSA) is 116 Å². The number of hydrogen-bond donors (Lipinski definition) is 4. The summed E-state index contributed by atoms with van der Waals surface area (Å²) >= 11 is 12.1. The molecule has 4 N–H and O–H groups in total. The van der Waals surface area contributed by atoms with E-state index in [9.17, 15) is 9.59 Å². The minimum absolute atomic E-state index is 0.102. The summed E-state index contributed by atoms with van der Waals surface area (Å²) < 4.78 is 4.73. The van der Waals surface area contributed by atoms with Crippen molar-refractivity contribution in [1.29, 1.82) is 5.41 Å². The van der Waals surface area contributed by atoms with Crippen LogP contribution in [0.3, 0.4) is 0 Å². The lowest BCUT2D eigenvalue weighted by atomic mass is 10.0. The standard InChI is InChI=1S/C22H25Cl2N5O3/c1-32-21(30)12-19(15-9-17(23)11-18(24)10-15)29-22(31)16(13-25)14-26-6-4-8-28-20-5-2-3-7-27-20/h2-3,5,7,9-11,13-14,19,25-26H,4,6,8,12H2,1H3,(H,27,28)(H,29,31)/b16-14+,25-13?/t19-/m0/s1. The average Bonchev–Trinajstić information content (AvgIpc) is 2.78. The van der Waals surface area contributed by atoms with E-state index in [2.05, 4.69) is 20.9 Å². The molecule has 0 unspecified atom stereocenters. The van der Waals surface area contributed by atoms with Crippen LogP contribution in [0, 0.1) is 5.41 Å². The van der Waals surface area contributed by atoms with Crippen molar-refractivity contribution in [3.8, 4) is 0 Å². The number of carbonyl (C=O) groups is 2. The van der Waals surface area contributed by atoms with Crippen LogP contribution in [0.25, 0.3) is 0 Å². The zero-order valence-electron chi connectivity index (χ0n) is 17.5. The number of benzene rings is 1. The Hall–Kier alpha value is -3.10. The molecule has 0 aliphatic rings. The number of hydrogen-bond acceptors (Lipinski definition) is 7. The van der Waals surface area contributed by atoms with E-state index in [1.165, 1.54) is 13.3 Å². The van der Waals surface area contributed by atoms with Gasteiger partial charge in [0.05, 0.1) is 25.1 Å². The molecule has 1 amide bonds. The predicted octanol–water partition coefficient (Wildman–Crippen LogP) is 3.73. The highest BCUT2D eigenvalue weighted by Gasteiger charge is 2.21. The van der Waals surface area contributed by atoms with Crippen LogP contribution in [-0.2, 0) is 14.3 Å². The molecule has 10 heteroatoms. The maximum atomic E-state index is 12.7. The van der Waals surface area contributed by atoms with E-state index in [4.69, 9.17) is 33.3 Å². The monoisotopic (exact) mass is 477 g/mol. The van der Waals surface area contributed by atoms with Gasteiger partial charge in [-0.15, -0.1) is 0 Å². The van der Waals surface area contributed by atoms with E-state index in [1.807, 2.05) is 18.2 Å². The fraction of sp³-hybridized carbons (Fsp3) is 0.273. The van der Waals surface area contributed by atoms with Crippen LogP contribution in [-0.4, -0.2) is 43.3 Å². The van der Waals surface area contributed by atoms with Gasteiger partial charge in [0.25, 0.3) is 5.91 Å². The summed E-state index contributed by atoms with van der Waals surface area (Å²) in [6.07, 6.45) is 4.77. The number of rotatable bonds is 12. The first-order valence-corrected chi connectivity index (χ1v) is 10.6. The van der Waals surface area contributed by atoms with Gasteiger partial charge in [-0.3, -0.25) is 9.59 Å². The Morgan fingerprint density at radius 3 is 2.56 bits per heavy atom. The summed E-state index contributed by atoms with van der Waals surface area (Å²) in [5, 5.41) is 17.3. The predicted molar refractivity (Wildman–Crippen MR) is 126 cm³/mol. The number of aromatic nitrogens is 1. The fourth-order valence-corrected chi connectivity index (χ4v) is 3.29. The lowest BCUT2D eigenvalue weighted by molar-refractivity contribution is -0.141. The Bertz CT molecular complexity index is 934. The van der Waals surface area contributed by atoms with Gasteiger partial charge in [0.1, 0.15) is 5.82 Å². The van der Waals surface area contributed by atoms with Gasteiger partial charge < -0.3 is 26.1 Å². The van der Waals surface area contributed by atoms with E-state index < -0.39 is 17.9 Å². The number of ether oxygens (including phenoxy) is 1. The molecule has 0 fully saturated rings. The second kappa shape index (κ2) is 13.3. The van der Waals surface area contributed by atoms with Crippen LogP contribution in [0.4, 0.5) is 5.82 Å². The van der Waals surface area contributed by atoms with Gasteiger partial charge in [0.15, 0.2) is 0 Å². The average molecular weight is 478 g/mol. The molecule has 0 aliphatic carbocycles. The third kappa shape index (κ3) is 8.56. The zero-order valence-corrected chi connectivity index (χ0v) is 19.0. The number of methoxy groups -OCH3 is 1. The van der Waals surface area contributed by atoms with Crippen LogP contribution in [0.1, 0.15) is 24.4 Å². The third-order valence-corrected chi connectivity index (χ3v) is 4.77. The van der Waals surface area contributed by atoms with Crippen molar-refractivity contribution in [3.05, 3.63) is 70.0 Å². The first-order valence-electron chi connectivity index (χ1n) is 9.85. The van der Waals surface area contributed by atoms with Gasteiger partial charge >= 0.3 is 5.97 Å². The Morgan fingerprint density at radius 2 is 1.94 bits per heavy atom. The Morgan fingerprint density at radius 1 is 1.19 bits per heavy atom. The number of amides is 1. The van der Waals surface area contributed by atoms with Gasteiger partial charge in [-0.2, -0.15) is 0 Å². The number of nitrogens with one attached hydrogen (secondary N) is 4. The van der Waals surface area contributed by atoms with E-state index in [0.717, 1.165) is 18.5 Å². The van der Waals surface area contributed by atoms with Crippen molar-refractivity contribution in [2.45, 2.75) is 18.9 Å². The molecule has 1 aromatic carbocycles. The highest BCUT2D eigenvalue weighted by atomic mass is 35.5. The van der Waals surface area contributed by atoms with E-state index in [0.29, 0.717) is 28.7 Å². The second-order valence-electron chi connectivity index (χ2n) is 6.70. The molecule has 32 heavy (non-hydrogen) atoms. The van der Waals surface area contributed by atoms with Crippen molar-refractivity contribution >= 4 is 47.1 Å². The van der Waals surface area contributed by atoms with Gasteiger partial charge in [-0.05, 0) is 42.3 Å². The molecule has 1 atom stereocenters. The minimum Gasteiger partial charge on any atom is -0.469 e. The summed E-state index contributed by atoms with van der Waals surface area (Å²) in [4.78, 5) is 28.7. The Labute approximate surface area is 196 Å². The lowest BCUT2D eigenvalue weighted by Crippen LogP contribution is -2.32. The molecule has 1 aromatic heterocycles. The maximum absolute atomic E-state index is 12.7. The molecule has 0 saturated heterocycles. The summed E-state index contributed by atoms with van der Waals surface area (Å²) in [5.41, 5.74) is 0.657. The quantitative estimate of drug-likeness (QED) is 0.160. The number of esters is 1. The van der Waals surface area contributed by atoms with E-state index in [-0.39, 0.29) is 12.0 Å². The van der Waals surface area contributed by atoms with Gasteiger partial charge in [0, 0.05) is 41.7 Å². The number of anilines is 1. The third-order valence-electron chi connectivity index (χ3n) is 4.34. The highest BCUT2D eigenvalue weighted by Crippen LogP contribution is 2.26. The molecular weight excluding hydrogens is 453 g/mol. The molecule has 0 bridgehead atoms. The number of pyridine rings is 1. The van der Waals surface area contributed by atoms with Crippen LogP contribution in [0.2, 0.25) is 10.0 Å². The molecule has 2 rings (SSSR count). The van der Waals surface area contributed by atoms with Gasteiger partial charge in [-0.25, -0.2) is 4.98 Å². The number of carbonyl (C=O) groups excluding carboxylic acids is 2.